The van der Waals surface area contributed by atoms with Crippen LogP contribution >= 0.6 is 11.6 Å². The van der Waals surface area contributed by atoms with E-state index >= 15 is 0 Å². The molecule has 1 N–H and O–H groups in total. The highest BCUT2D eigenvalue weighted by molar-refractivity contribution is 6.31. The van der Waals surface area contributed by atoms with Crippen LogP contribution in [-0.2, 0) is 4.79 Å². The summed E-state index contributed by atoms with van der Waals surface area (Å²) in [6, 6.07) is 6.59. The zero-order chi connectivity index (χ0) is 12.1. The molecule has 0 heterocycles. The van der Waals surface area contributed by atoms with E-state index in [1.165, 1.54) is 0 Å². The summed E-state index contributed by atoms with van der Waals surface area (Å²) in [6.45, 7) is 3.12. The highest BCUT2D eigenvalue weighted by Gasteiger charge is 2.10. The number of halogens is 1. The zero-order valence-electron chi connectivity index (χ0n) is 8.24. The Balaban J connectivity index is 2.83. The van der Waals surface area contributed by atoms with E-state index in [1.807, 2.05) is 6.07 Å². The minimum atomic E-state index is -1.14. The lowest BCUT2D eigenvalue weighted by atomic mass is 10.2. The van der Waals surface area contributed by atoms with Crippen LogP contribution < -0.4 is 4.74 Å². The van der Waals surface area contributed by atoms with Crippen molar-refractivity contribution in [2.75, 3.05) is 6.61 Å². The van der Waals surface area contributed by atoms with E-state index in [9.17, 15) is 4.79 Å². The van der Waals surface area contributed by atoms with E-state index < -0.39 is 5.97 Å². The monoisotopic (exact) mass is 237 g/mol. The average molecular weight is 238 g/mol. The van der Waals surface area contributed by atoms with Crippen LogP contribution in [0.3, 0.4) is 0 Å². The van der Waals surface area contributed by atoms with Gasteiger partial charge in [-0.2, -0.15) is 5.26 Å². The SMILES string of the molecule is C=C(COc1cccc(Cl)c1C#N)C(=O)O. The first-order valence-electron chi connectivity index (χ1n) is 4.28. The maximum atomic E-state index is 10.5. The molecular weight excluding hydrogens is 230 g/mol. The second-order valence-corrected chi connectivity index (χ2v) is 3.33. The number of carbonyl (C=O) groups is 1. The van der Waals surface area contributed by atoms with E-state index in [4.69, 9.17) is 26.7 Å². The number of ether oxygens (including phenoxy) is 1. The fourth-order valence-corrected chi connectivity index (χ4v) is 1.17. The molecular formula is C11H8ClNO3. The summed E-state index contributed by atoms with van der Waals surface area (Å²) < 4.78 is 5.14. The number of benzene rings is 1. The molecule has 1 aromatic rings. The minimum Gasteiger partial charge on any atom is -0.487 e. The number of hydrogen-bond donors (Lipinski definition) is 1. The van der Waals surface area contributed by atoms with Gasteiger partial charge in [-0.05, 0) is 12.1 Å². The van der Waals surface area contributed by atoms with Gasteiger partial charge in [0.1, 0.15) is 24.0 Å². The van der Waals surface area contributed by atoms with Gasteiger partial charge < -0.3 is 9.84 Å². The van der Waals surface area contributed by atoms with E-state index in [0.717, 1.165) is 0 Å². The molecule has 1 rings (SSSR count). The third-order valence-corrected chi connectivity index (χ3v) is 2.11. The molecule has 0 bridgehead atoms. The summed E-state index contributed by atoms with van der Waals surface area (Å²) >= 11 is 5.77. The summed E-state index contributed by atoms with van der Waals surface area (Å²) in [6.07, 6.45) is 0. The first-order chi connectivity index (χ1) is 7.56. The van der Waals surface area contributed by atoms with E-state index in [0.29, 0.717) is 0 Å². The molecule has 4 nitrogen and oxygen atoms in total. The molecule has 0 saturated heterocycles. The molecule has 0 spiro atoms. The van der Waals surface area contributed by atoms with Crippen molar-refractivity contribution in [1.82, 2.24) is 0 Å². The van der Waals surface area contributed by atoms with Gasteiger partial charge in [0, 0.05) is 0 Å². The van der Waals surface area contributed by atoms with Gasteiger partial charge in [-0.1, -0.05) is 24.2 Å². The summed E-state index contributed by atoms with van der Waals surface area (Å²) in [5, 5.41) is 17.7. The first kappa shape index (κ1) is 12.1. The summed E-state index contributed by atoms with van der Waals surface area (Å²) in [5.41, 5.74) is 0.0891. The molecule has 16 heavy (non-hydrogen) atoms. The smallest absolute Gasteiger partial charge is 0.334 e. The first-order valence-corrected chi connectivity index (χ1v) is 4.66. The third kappa shape index (κ3) is 2.75. The fraction of sp³-hybridized carbons (Fsp3) is 0.0909. The number of carboxylic acid groups (broad SMARTS) is 1. The number of nitriles is 1. The normalized spacial score (nSPS) is 9.25. The Kier molecular flexibility index (Phi) is 3.92. The van der Waals surface area contributed by atoms with Crippen molar-refractivity contribution >= 4 is 17.6 Å². The summed E-state index contributed by atoms with van der Waals surface area (Å²) in [5.74, 6) is -0.891. The van der Waals surface area contributed by atoms with Gasteiger partial charge in [-0.15, -0.1) is 0 Å². The van der Waals surface area contributed by atoms with Crippen LogP contribution in [0.25, 0.3) is 0 Å². The summed E-state index contributed by atoms with van der Waals surface area (Å²) in [4.78, 5) is 10.5. The second-order valence-electron chi connectivity index (χ2n) is 2.92. The predicted molar refractivity (Wildman–Crippen MR) is 58.4 cm³/mol. The van der Waals surface area contributed by atoms with Crippen LogP contribution in [-0.4, -0.2) is 17.7 Å². The predicted octanol–water partition coefficient (Wildman–Crippen LogP) is 2.23. The van der Waals surface area contributed by atoms with Gasteiger partial charge in [0.15, 0.2) is 0 Å². The maximum absolute atomic E-state index is 10.5. The Morgan fingerprint density at radius 1 is 1.62 bits per heavy atom. The number of hydrogen-bond acceptors (Lipinski definition) is 3. The van der Waals surface area contributed by atoms with E-state index in [-0.39, 0.29) is 28.5 Å². The molecule has 0 atom stereocenters. The van der Waals surface area contributed by atoms with Crippen LogP contribution in [0.4, 0.5) is 0 Å². The van der Waals surface area contributed by atoms with Crippen LogP contribution in [0.1, 0.15) is 5.56 Å². The summed E-state index contributed by atoms with van der Waals surface area (Å²) in [7, 11) is 0. The number of carboxylic acids is 1. The maximum Gasteiger partial charge on any atom is 0.334 e. The van der Waals surface area contributed by atoms with Crippen LogP contribution in [0, 0.1) is 11.3 Å². The van der Waals surface area contributed by atoms with E-state index in [1.54, 1.807) is 18.2 Å². The van der Waals surface area contributed by atoms with Crippen molar-refractivity contribution < 1.29 is 14.6 Å². The average Bonchev–Trinajstić information content (AvgIpc) is 2.25. The van der Waals surface area contributed by atoms with Crippen molar-refractivity contribution in [3.05, 3.63) is 40.9 Å². The fourth-order valence-electron chi connectivity index (χ4n) is 0.960. The lowest BCUT2D eigenvalue weighted by Gasteiger charge is -2.08. The molecule has 0 saturated carbocycles. The van der Waals surface area contributed by atoms with E-state index in [2.05, 4.69) is 6.58 Å². The Bertz CT molecular complexity index is 477. The third-order valence-electron chi connectivity index (χ3n) is 1.79. The molecule has 0 aliphatic rings. The molecule has 0 amide bonds. The van der Waals surface area contributed by atoms with Crippen LogP contribution in [0.2, 0.25) is 5.02 Å². The molecule has 0 unspecified atom stereocenters. The highest BCUT2D eigenvalue weighted by Crippen LogP contribution is 2.25. The van der Waals surface area contributed by atoms with Gasteiger partial charge >= 0.3 is 5.97 Å². The number of rotatable bonds is 4. The number of aliphatic carboxylic acids is 1. The molecule has 1 aromatic carbocycles. The zero-order valence-corrected chi connectivity index (χ0v) is 8.99. The van der Waals surface area contributed by atoms with Crippen LogP contribution in [0.15, 0.2) is 30.4 Å². The highest BCUT2D eigenvalue weighted by atomic mass is 35.5. The Morgan fingerprint density at radius 3 is 2.88 bits per heavy atom. The van der Waals surface area contributed by atoms with Gasteiger partial charge in [-0.3, -0.25) is 0 Å². The molecule has 0 aliphatic heterocycles. The van der Waals surface area contributed by atoms with Crippen LogP contribution in [0.5, 0.6) is 5.75 Å². The quantitative estimate of drug-likeness (QED) is 0.816. The van der Waals surface area contributed by atoms with Crippen molar-refractivity contribution in [3.63, 3.8) is 0 Å². The molecule has 5 heteroatoms. The molecule has 0 fully saturated rings. The Morgan fingerprint density at radius 2 is 2.31 bits per heavy atom. The van der Waals surface area contributed by atoms with Crippen molar-refractivity contribution in [2.24, 2.45) is 0 Å². The topological polar surface area (TPSA) is 70.3 Å². The van der Waals surface area contributed by atoms with Gasteiger partial charge in [-0.25, -0.2) is 4.79 Å². The molecule has 0 aromatic heterocycles. The number of nitrogens with zero attached hydrogens (tertiary/aromatic N) is 1. The standard InChI is InChI=1S/C11H8ClNO3/c1-7(11(14)15)6-16-10-4-2-3-9(12)8(10)5-13/h2-4H,1,6H2,(H,14,15). The van der Waals surface area contributed by atoms with Gasteiger partial charge in [0.25, 0.3) is 0 Å². The second kappa shape index (κ2) is 5.19. The Hall–Kier alpha value is -1.99. The Labute approximate surface area is 97.3 Å². The molecule has 0 aliphatic carbocycles. The lowest BCUT2D eigenvalue weighted by molar-refractivity contribution is -0.133. The molecule has 0 radical (unpaired) electrons. The van der Waals surface area contributed by atoms with Gasteiger partial charge in [0.2, 0.25) is 0 Å². The van der Waals surface area contributed by atoms with Crippen molar-refractivity contribution in [1.29, 1.82) is 5.26 Å². The van der Waals surface area contributed by atoms with Gasteiger partial charge in [0.05, 0.1) is 10.6 Å². The molecule has 82 valence electrons. The minimum absolute atomic E-state index is 0.0936. The van der Waals surface area contributed by atoms with Crippen molar-refractivity contribution in [3.8, 4) is 11.8 Å². The lowest BCUT2D eigenvalue weighted by Crippen LogP contribution is -2.09. The largest absolute Gasteiger partial charge is 0.487 e. The van der Waals surface area contributed by atoms with Crippen molar-refractivity contribution in [2.45, 2.75) is 0 Å².